The van der Waals surface area contributed by atoms with Gasteiger partial charge in [-0.1, -0.05) is 26.3 Å². The summed E-state index contributed by atoms with van der Waals surface area (Å²) in [6, 6.07) is 0. The number of carbonyl (C=O) groups is 1. The molecule has 0 aromatic heterocycles. The molecule has 3 atom stereocenters. The highest BCUT2D eigenvalue weighted by Crippen LogP contribution is 2.48. The summed E-state index contributed by atoms with van der Waals surface area (Å²) < 4.78 is 90.2. The van der Waals surface area contributed by atoms with Gasteiger partial charge in [0.15, 0.2) is 0 Å². The number of hydrogen-bond acceptors (Lipinski definition) is 4. The van der Waals surface area contributed by atoms with E-state index in [1.165, 1.54) is 6.92 Å². The van der Waals surface area contributed by atoms with Crippen molar-refractivity contribution in [3.63, 3.8) is 0 Å². The van der Waals surface area contributed by atoms with Gasteiger partial charge in [-0.15, -0.1) is 0 Å². The van der Waals surface area contributed by atoms with E-state index in [0.29, 0.717) is 45.4 Å². The van der Waals surface area contributed by atoms with Gasteiger partial charge < -0.3 is 14.6 Å². The number of carbonyl (C=O) groups excluding carboxylic acids is 1. The van der Waals surface area contributed by atoms with Gasteiger partial charge in [-0.25, -0.2) is 4.79 Å². The first-order valence-electron chi connectivity index (χ1n) is 10.5. The Labute approximate surface area is 179 Å². The first-order chi connectivity index (χ1) is 14.1. The first-order valence-corrected chi connectivity index (χ1v) is 10.5. The normalized spacial score (nSPS) is 25.5. The molecule has 0 spiro atoms. The van der Waals surface area contributed by atoms with Crippen LogP contribution in [0.1, 0.15) is 78.6 Å². The lowest BCUT2D eigenvalue weighted by Gasteiger charge is -2.43. The van der Waals surface area contributed by atoms with E-state index in [4.69, 9.17) is 9.47 Å². The molecule has 0 aliphatic heterocycles. The highest BCUT2D eigenvalue weighted by atomic mass is 19.4. The Morgan fingerprint density at radius 3 is 2.06 bits per heavy atom. The van der Waals surface area contributed by atoms with E-state index in [1.54, 1.807) is 6.92 Å². The third-order valence-electron chi connectivity index (χ3n) is 5.96. The number of alkyl halides is 6. The van der Waals surface area contributed by atoms with E-state index < -0.39 is 41.7 Å². The van der Waals surface area contributed by atoms with Crippen LogP contribution in [-0.4, -0.2) is 46.8 Å². The molecule has 1 fully saturated rings. The van der Waals surface area contributed by atoms with E-state index in [-0.39, 0.29) is 24.8 Å². The number of ether oxygens (including phenoxy) is 2. The predicted molar refractivity (Wildman–Crippen MR) is 102 cm³/mol. The summed E-state index contributed by atoms with van der Waals surface area (Å²) in [5.74, 6) is -0.533. The van der Waals surface area contributed by atoms with Gasteiger partial charge in [0.1, 0.15) is 12.2 Å². The van der Waals surface area contributed by atoms with Gasteiger partial charge in [-0.05, 0) is 58.8 Å². The lowest BCUT2D eigenvalue weighted by Crippen LogP contribution is -2.65. The molecule has 1 aliphatic rings. The van der Waals surface area contributed by atoms with Crippen molar-refractivity contribution in [2.75, 3.05) is 0 Å². The Balaban J connectivity index is 3.03. The van der Waals surface area contributed by atoms with Crippen LogP contribution in [0, 0.1) is 0 Å². The molecule has 0 aromatic carbocycles. The third kappa shape index (κ3) is 6.84. The number of hydrogen-bond donors (Lipinski definition) is 1. The monoisotopic (exact) mass is 462 g/mol. The zero-order valence-corrected chi connectivity index (χ0v) is 18.2. The molecule has 1 N–H and O–H groups in total. The second kappa shape index (κ2) is 10.6. The summed E-state index contributed by atoms with van der Waals surface area (Å²) in [5, 5.41) is 9.67. The van der Waals surface area contributed by atoms with Crippen LogP contribution in [0.2, 0.25) is 0 Å². The molecule has 0 saturated heterocycles. The predicted octanol–water partition coefficient (Wildman–Crippen LogP) is 6.02. The zero-order valence-electron chi connectivity index (χ0n) is 18.2. The summed E-state index contributed by atoms with van der Waals surface area (Å²) >= 11 is 0. The van der Waals surface area contributed by atoms with Crippen LogP contribution >= 0.6 is 0 Å². The van der Waals surface area contributed by atoms with Crippen molar-refractivity contribution in [3.8, 4) is 0 Å². The molecule has 1 aliphatic carbocycles. The quantitative estimate of drug-likeness (QED) is 0.298. The van der Waals surface area contributed by atoms with Crippen molar-refractivity contribution in [3.05, 3.63) is 12.2 Å². The van der Waals surface area contributed by atoms with E-state index in [0.717, 1.165) is 0 Å². The summed E-state index contributed by atoms with van der Waals surface area (Å²) in [5.41, 5.74) is -5.99. The van der Waals surface area contributed by atoms with Gasteiger partial charge in [-0.3, -0.25) is 0 Å². The van der Waals surface area contributed by atoms with Gasteiger partial charge in [0.05, 0.1) is 5.60 Å². The molecule has 0 amide bonds. The Bertz CT molecular complexity index is 602. The molecular weight excluding hydrogens is 430 g/mol. The summed E-state index contributed by atoms with van der Waals surface area (Å²) in [7, 11) is 0. The van der Waals surface area contributed by atoms with Crippen molar-refractivity contribution in [1.82, 2.24) is 0 Å². The van der Waals surface area contributed by atoms with Crippen LogP contribution in [0.3, 0.4) is 0 Å². The number of esters is 1. The average Bonchev–Trinajstić information content (AvgIpc) is 2.64. The molecule has 0 aromatic rings. The maximum Gasteiger partial charge on any atom is 0.428 e. The number of rotatable bonds is 6. The van der Waals surface area contributed by atoms with Crippen molar-refractivity contribution in [1.29, 1.82) is 0 Å². The van der Waals surface area contributed by atoms with Crippen molar-refractivity contribution in [2.24, 2.45) is 0 Å². The fourth-order valence-electron chi connectivity index (χ4n) is 3.92. The largest absolute Gasteiger partial charge is 0.459 e. The second-order valence-electron chi connectivity index (χ2n) is 8.36. The minimum atomic E-state index is -5.95. The number of halogens is 6. The van der Waals surface area contributed by atoms with E-state index >= 15 is 0 Å². The Hall–Kier alpha value is -1.29. The van der Waals surface area contributed by atoms with Crippen molar-refractivity contribution in [2.45, 2.75) is 114 Å². The van der Waals surface area contributed by atoms with E-state index in [2.05, 4.69) is 6.58 Å². The first kappa shape index (κ1) is 27.7. The molecule has 1 rings (SSSR count). The van der Waals surface area contributed by atoms with Crippen LogP contribution in [0.15, 0.2) is 12.2 Å². The average molecular weight is 462 g/mol. The van der Waals surface area contributed by atoms with Crippen LogP contribution in [0.5, 0.6) is 0 Å². The minimum absolute atomic E-state index is 0.180. The summed E-state index contributed by atoms with van der Waals surface area (Å²) in [6.07, 6.45) is -10.9. The maximum absolute atomic E-state index is 13.2. The van der Waals surface area contributed by atoms with Gasteiger partial charge >= 0.3 is 18.3 Å². The minimum Gasteiger partial charge on any atom is -0.459 e. The lowest BCUT2D eigenvalue weighted by atomic mass is 9.84. The van der Waals surface area contributed by atoms with Gasteiger partial charge in [0.25, 0.3) is 5.60 Å². The summed E-state index contributed by atoms with van der Waals surface area (Å²) in [4.78, 5) is 11.8. The Morgan fingerprint density at radius 2 is 1.58 bits per heavy atom. The van der Waals surface area contributed by atoms with Crippen LogP contribution in [0.4, 0.5) is 26.3 Å². The van der Waals surface area contributed by atoms with E-state index in [9.17, 15) is 36.2 Å². The molecule has 3 unspecified atom stereocenters. The fraction of sp³-hybridized carbons (Fsp3) is 0.857. The van der Waals surface area contributed by atoms with Gasteiger partial charge in [-0.2, -0.15) is 26.3 Å². The third-order valence-corrected chi connectivity index (χ3v) is 5.96. The molecular formula is C21H32F6O4. The lowest BCUT2D eigenvalue weighted by molar-refractivity contribution is -0.399. The topological polar surface area (TPSA) is 55.8 Å². The SMILES string of the molecule is C=C(C)C(=O)OC1CCCCCC(CC)(OC(C)C(O)(C(F)(F)F)C(F)(F)F)CCC1. The molecule has 0 heterocycles. The standard InChI is InChI=1S/C21H32F6O4/c1-5-18(31-15(4)19(29,20(22,23)24)21(25,26)27)12-8-6-7-10-16(11-9-13-18)30-17(28)14(2)3/h15-16,29H,2,5-13H2,1,3-4H3. The van der Waals surface area contributed by atoms with Crippen molar-refractivity contribution >= 4 is 5.97 Å². The fourth-order valence-corrected chi connectivity index (χ4v) is 3.92. The van der Waals surface area contributed by atoms with Crippen LogP contribution in [-0.2, 0) is 14.3 Å². The van der Waals surface area contributed by atoms with Crippen LogP contribution < -0.4 is 0 Å². The highest BCUT2D eigenvalue weighted by molar-refractivity contribution is 5.87. The zero-order chi connectivity index (χ0) is 24.1. The summed E-state index contributed by atoms with van der Waals surface area (Å²) in [6.45, 7) is 7.28. The Morgan fingerprint density at radius 1 is 1.06 bits per heavy atom. The molecule has 0 radical (unpaired) electrons. The Kier molecular flexibility index (Phi) is 9.44. The second-order valence-corrected chi connectivity index (χ2v) is 8.36. The number of aliphatic hydroxyl groups is 1. The van der Waals surface area contributed by atoms with Crippen LogP contribution in [0.25, 0.3) is 0 Å². The molecule has 4 nitrogen and oxygen atoms in total. The molecule has 10 heteroatoms. The molecule has 182 valence electrons. The smallest absolute Gasteiger partial charge is 0.428 e. The molecule has 1 saturated carbocycles. The highest BCUT2D eigenvalue weighted by Gasteiger charge is 2.74. The van der Waals surface area contributed by atoms with Gasteiger partial charge in [0, 0.05) is 5.57 Å². The van der Waals surface area contributed by atoms with E-state index in [1.807, 2.05) is 0 Å². The van der Waals surface area contributed by atoms with Crippen molar-refractivity contribution < 1.29 is 45.7 Å². The van der Waals surface area contributed by atoms with Gasteiger partial charge in [0.2, 0.25) is 0 Å². The molecule has 31 heavy (non-hydrogen) atoms. The maximum atomic E-state index is 13.2. The molecule has 0 bridgehead atoms.